The minimum atomic E-state index is -0.676. The van der Waals surface area contributed by atoms with Crippen LogP contribution in [0.4, 0.5) is 0 Å². The summed E-state index contributed by atoms with van der Waals surface area (Å²) in [6.07, 6.45) is 0. The molecule has 20 heavy (non-hydrogen) atoms. The van der Waals surface area contributed by atoms with Crippen LogP contribution in [0.3, 0.4) is 0 Å². The van der Waals surface area contributed by atoms with Crippen LogP contribution in [0.15, 0.2) is 30.3 Å². The lowest BCUT2D eigenvalue weighted by Crippen LogP contribution is -2.43. The number of benzene rings is 1. The fourth-order valence-electron chi connectivity index (χ4n) is 1.38. The maximum atomic E-state index is 11.7. The van der Waals surface area contributed by atoms with Gasteiger partial charge in [0.1, 0.15) is 12.6 Å². The van der Waals surface area contributed by atoms with E-state index >= 15 is 0 Å². The van der Waals surface area contributed by atoms with Crippen LogP contribution in [-0.4, -0.2) is 24.5 Å². The minimum absolute atomic E-state index is 0. The van der Waals surface area contributed by atoms with E-state index in [0.29, 0.717) is 0 Å². The molecular weight excluding hydrogens is 280 g/mol. The molecule has 0 spiro atoms. The molecule has 0 aliphatic heterocycles. The average Bonchev–Trinajstić information content (AvgIpc) is 2.44. The summed E-state index contributed by atoms with van der Waals surface area (Å²) in [5.41, 5.74) is 6.29. The minimum Gasteiger partial charge on any atom is -0.459 e. The van der Waals surface area contributed by atoms with E-state index in [2.05, 4.69) is 5.32 Å². The highest BCUT2D eigenvalue weighted by molar-refractivity contribution is 5.85. The molecule has 0 aliphatic carbocycles. The van der Waals surface area contributed by atoms with Crippen molar-refractivity contribution in [1.82, 2.24) is 5.32 Å². The Morgan fingerprint density at radius 3 is 2.40 bits per heavy atom. The Labute approximate surface area is 125 Å². The molecule has 1 rings (SSSR count). The van der Waals surface area contributed by atoms with Gasteiger partial charge in [-0.05, 0) is 12.5 Å². The van der Waals surface area contributed by atoms with Crippen LogP contribution in [0.25, 0.3) is 0 Å². The number of rotatable bonds is 6. The van der Waals surface area contributed by atoms with E-state index in [1.807, 2.05) is 30.3 Å². The van der Waals surface area contributed by atoms with Gasteiger partial charge in [-0.3, -0.25) is 4.79 Å². The quantitative estimate of drug-likeness (QED) is 0.775. The summed E-state index contributed by atoms with van der Waals surface area (Å²) in [6, 6.07) is 8.70. The number of carbonyl (C=O) groups excluding carboxylic acids is 2. The van der Waals surface area contributed by atoms with Crippen molar-refractivity contribution in [2.45, 2.75) is 26.5 Å². The van der Waals surface area contributed by atoms with Gasteiger partial charge in [0.15, 0.2) is 0 Å². The largest absolute Gasteiger partial charge is 0.459 e. The number of hydrogen-bond donors (Lipinski definition) is 2. The first-order valence-electron chi connectivity index (χ1n) is 6.25. The topological polar surface area (TPSA) is 81.4 Å². The molecule has 3 N–H and O–H groups in total. The van der Waals surface area contributed by atoms with Gasteiger partial charge in [-0.15, -0.1) is 12.4 Å². The third kappa shape index (κ3) is 6.04. The van der Waals surface area contributed by atoms with Crippen molar-refractivity contribution in [3.05, 3.63) is 35.9 Å². The molecule has 0 saturated carbocycles. The molecular formula is C14H21ClN2O3. The summed E-state index contributed by atoms with van der Waals surface area (Å²) in [5.74, 6) is -1.02. The monoisotopic (exact) mass is 300 g/mol. The highest BCUT2D eigenvalue weighted by Gasteiger charge is 2.19. The van der Waals surface area contributed by atoms with Crippen molar-refractivity contribution in [1.29, 1.82) is 0 Å². The molecule has 0 unspecified atom stereocenters. The Kier molecular flexibility index (Phi) is 8.59. The number of esters is 1. The second-order valence-electron chi connectivity index (χ2n) is 4.46. The molecule has 6 heteroatoms. The van der Waals surface area contributed by atoms with Crippen LogP contribution in [0.5, 0.6) is 0 Å². The predicted octanol–water partition coefficient (Wildman–Crippen LogP) is 1.25. The number of halogens is 1. The van der Waals surface area contributed by atoms with Crippen molar-refractivity contribution in [2.75, 3.05) is 6.54 Å². The standard InChI is InChI=1S/C14H20N2O3.ClH/c1-10(8-15)13(17)16-11(2)14(18)19-9-12-6-4-3-5-7-12;/h3-7,10-11H,8-9,15H2,1-2H3,(H,16,17);1H/t10-,11-;/m0./s1. The average molecular weight is 301 g/mol. The van der Waals surface area contributed by atoms with E-state index in [0.717, 1.165) is 5.56 Å². The fraction of sp³-hybridized carbons (Fsp3) is 0.429. The lowest BCUT2D eigenvalue weighted by Gasteiger charge is -2.15. The fourth-order valence-corrected chi connectivity index (χ4v) is 1.38. The molecule has 1 amide bonds. The van der Waals surface area contributed by atoms with Crippen molar-refractivity contribution < 1.29 is 14.3 Å². The molecule has 5 nitrogen and oxygen atoms in total. The van der Waals surface area contributed by atoms with Gasteiger partial charge in [0.2, 0.25) is 5.91 Å². The second-order valence-corrected chi connectivity index (χ2v) is 4.46. The first-order valence-corrected chi connectivity index (χ1v) is 6.25. The van der Waals surface area contributed by atoms with Crippen molar-refractivity contribution in [3.8, 4) is 0 Å². The van der Waals surface area contributed by atoms with E-state index in [1.165, 1.54) is 0 Å². The smallest absolute Gasteiger partial charge is 0.328 e. The summed E-state index contributed by atoms with van der Waals surface area (Å²) in [4.78, 5) is 23.3. The van der Waals surface area contributed by atoms with E-state index in [-0.39, 0.29) is 37.4 Å². The third-order valence-electron chi connectivity index (χ3n) is 2.74. The van der Waals surface area contributed by atoms with Crippen LogP contribution in [-0.2, 0) is 20.9 Å². The number of nitrogens with one attached hydrogen (secondary N) is 1. The van der Waals surface area contributed by atoms with Crippen LogP contribution >= 0.6 is 12.4 Å². The molecule has 0 bridgehead atoms. The summed E-state index contributed by atoms with van der Waals surface area (Å²) in [5, 5.41) is 2.57. The Bertz CT molecular complexity index is 426. The van der Waals surface area contributed by atoms with E-state index in [4.69, 9.17) is 10.5 Å². The highest BCUT2D eigenvalue weighted by Crippen LogP contribution is 2.02. The maximum Gasteiger partial charge on any atom is 0.328 e. The van der Waals surface area contributed by atoms with Gasteiger partial charge < -0.3 is 15.8 Å². The van der Waals surface area contributed by atoms with Crippen LogP contribution in [0, 0.1) is 5.92 Å². The summed E-state index contributed by atoms with van der Waals surface area (Å²) < 4.78 is 5.12. The van der Waals surface area contributed by atoms with Crippen LogP contribution in [0.1, 0.15) is 19.4 Å². The highest BCUT2D eigenvalue weighted by atomic mass is 35.5. The van der Waals surface area contributed by atoms with Crippen molar-refractivity contribution in [3.63, 3.8) is 0 Å². The number of carbonyl (C=O) groups is 2. The zero-order valence-corrected chi connectivity index (χ0v) is 12.5. The summed E-state index contributed by atoms with van der Waals surface area (Å²) >= 11 is 0. The van der Waals surface area contributed by atoms with Crippen LogP contribution in [0.2, 0.25) is 0 Å². The van der Waals surface area contributed by atoms with Gasteiger partial charge in [-0.1, -0.05) is 37.3 Å². The first kappa shape index (κ1) is 18.4. The number of nitrogens with two attached hydrogens (primary N) is 1. The number of ether oxygens (including phenoxy) is 1. The molecule has 0 heterocycles. The molecule has 1 aromatic rings. The van der Waals surface area contributed by atoms with E-state index in [9.17, 15) is 9.59 Å². The van der Waals surface area contributed by atoms with Crippen molar-refractivity contribution >= 4 is 24.3 Å². The Morgan fingerprint density at radius 2 is 1.85 bits per heavy atom. The molecule has 1 aromatic carbocycles. The normalized spacial score (nSPS) is 12.8. The summed E-state index contributed by atoms with van der Waals surface area (Å²) in [6.45, 7) is 3.75. The molecule has 0 saturated heterocycles. The Morgan fingerprint density at radius 1 is 1.25 bits per heavy atom. The number of amides is 1. The van der Waals surface area contributed by atoms with Gasteiger partial charge in [-0.25, -0.2) is 4.79 Å². The van der Waals surface area contributed by atoms with Crippen molar-refractivity contribution in [2.24, 2.45) is 11.7 Å². The Hall–Kier alpha value is -1.59. The first-order chi connectivity index (χ1) is 9.04. The zero-order chi connectivity index (χ0) is 14.3. The molecule has 0 aromatic heterocycles. The number of hydrogen-bond acceptors (Lipinski definition) is 4. The zero-order valence-electron chi connectivity index (χ0n) is 11.7. The van der Waals surface area contributed by atoms with Crippen LogP contribution < -0.4 is 11.1 Å². The molecule has 0 aliphatic rings. The lowest BCUT2D eigenvalue weighted by atomic mass is 10.1. The van der Waals surface area contributed by atoms with Gasteiger partial charge in [-0.2, -0.15) is 0 Å². The van der Waals surface area contributed by atoms with Gasteiger partial charge in [0, 0.05) is 12.5 Å². The van der Waals surface area contributed by atoms with E-state index < -0.39 is 12.0 Å². The van der Waals surface area contributed by atoms with E-state index in [1.54, 1.807) is 13.8 Å². The molecule has 0 radical (unpaired) electrons. The maximum absolute atomic E-state index is 11.7. The van der Waals surface area contributed by atoms with Gasteiger partial charge in [0.25, 0.3) is 0 Å². The third-order valence-corrected chi connectivity index (χ3v) is 2.74. The van der Waals surface area contributed by atoms with Gasteiger partial charge >= 0.3 is 5.97 Å². The lowest BCUT2D eigenvalue weighted by molar-refractivity contribution is -0.148. The molecule has 0 fully saturated rings. The summed E-state index contributed by atoms with van der Waals surface area (Å²) in [7, 11) is 0. The second kappa shape index (κ2) is 9.34. The SMILES string of the molecule is C[C@H](NC(=O)[C@@H](C)CN)C(=O)OCc1ccccc1.Cl. The molecule has 112 valence electrons. The predicted molar refractivity (Wildman–Crippen MR) is 79.3 cm³/mol. The Balaban J connectivity index is 0.00000361. The molecule has 2 atom stereocenters. The van der Waals surface area contributed by atoms with Gasteiger partial charge in [0.05, 0.1) is 0 Å².